The van der Waals surface area contributed by atoms with Crippen LogP contribution in [0, 0.1) is 5.92 Å². The van der Waals surface area contributed by atoms with Gasteiger partial charge in [-0.1, -0.05) is 29.8 Å². The Morgan fingerprint density at radius 3 is 2.65 bits per heavy atom. The van der Waals surface area contributed by atoms with Crippen molar-refractivity contribution in [3.8, 4) is 5.69 Å². The van der Waals surface area contributed by atoms with Crippen LogP contribution in [0.5, 0.6) is 0 Å². The van der Waals surface area contributed by atoms with E-state index in [0.29, 0.717) is 10.6 Å². The van der Waals surface area contributed by atoms with Gasteiger partial charge in [0.25, 0.3) is 5.91 Å². The number of hydrogen-bond acceptors (Lipinski definition) is 4. The standard InChI is InChI=1S/C23H24ClN5O2/c24-19-4-2-6-21(12-19)29-15-18(13-26-29)23(31)27-20-5-1-3-16(11-20)14-28-9-7-17(8-10-28)22(25)30/h1-6,11-13,15,17H,7-10,14H2,(H2,25,30)(H,27,31). The van der Waals surface area contributed by atoms with Crippen LogP contribution in [0.3, 0.4) is 0 Å². The summed E-state index contributed by atoms with van der Waals surface area (Å²) >= 11 is 6.03. The van der Waals surface area contributed by atoms with Gasteiger partial charge in [0.2, 0.25) is 5.91 Å². The number of amides is 2. The summed E-state index contributed by atoms with van der Waals surface area (Å²) in [5, 5.41) is 7.80. The molecule has 3 N–H and O–H groups in total. The van der Waals surface area contributed by atoms with E-state index in [4.69, 9.17) is 17.3 Å². The molecule has 2 aromatic carbocycles. The van der Waals surface area contributed by atoms with Gasteiger partial charge in [0.15, 0.2) is 0 Å². The average Bonchev–Trinajstić information content (AvgIpc) is 3.25. The van der Waals surface area contributed by atoms with Crippen molar-refractivity contribution in [1.82, 2.24) is 14.7 Å². The van der Waals surface area contributed by atoms with Crippen molar-refractivity contribution in [3.63, 3.8) is 0 Å². The Labute approximate surface area is 185 Å². The summed E-state index contributed by atoms with van der Waals surface area (Å²) in [6.07, 6.45) is 4.79. The van der Waals surface area contributed by atoms with Crippen molar-refractivity contribution in [1.29, 1.82) is 0 Å². The van der Waals surface area contributed by atoms with Gasteiger partial charge in [-0.25, -0.2) is 4.68 Å². The molecule has 0 atom stereocenters. The molecule has 1 fully saturated rings. The van der Waals surface area contributed by atoms with Crippen LogP contribution in [0.15, 0.2) is 60.9 Å². The van der Waals surface area contributed by atoms with Gasteiger partial charge in [-0.2, -0.15) is 5.10 Å². The molecule has 0 radical (unpaired) electrons. The monoisotopic (exact) mass is 437 g/mol. The number of piperidine rings is 1. The lowest BCUT2D eigenvalue weighted by molar-refractivity contribution is -0.123. The number of primary amides is 1. The lowest BCUT2D eigenvalue weighted by Gasteiger charge is -2.30. The van der Waals surface area contributed by atoms with E-state index in [-0.39, 0.29) is 17.7 Å². The molecule has 160 valence electrons. The number of halogens is 1. The molecule has 3 aromatic rings. The van der Waals surface area contributed by atoms with Crippen molar-refractivity contribution in [2.45, 2.75) is 19.4 Å². The fraction of sp³-hybridized carbons (Fsp3) is 0.261. The maximum absolute atomic E-state index is 12.7. The minimum absolute atomic E-state index is 0.0188. The predicted octanol–water partition coefficient (Wildman–Crippen LogP) is 3.48. The van der Waals surface area contributed by atoms with Gasteiger partial charge in [-0.15, -0.1) is 0 Å². The molecule has 8 heteroatoms. The van der Waals surface area contributed by atoms with Gasteiger partial charge < -0.3 is 11.1 Å². The van der Waals surface area contributed by atoms with Crippen molar-refractivity contribution in [2.24, 2.45) is 11.7 Å². The molecule has 0 bridgehead atoms. The van der Waals surface area contributed by atoms with E-state index in [2.05, 4.69) is 15.3 Å². The lowest BCUT2D eigenvalue weighted by Crippen LogP contribution is -2.38. The largest absolute Gasteiger partial charge is 0.369 e. The summed E-state index contributed by atoms with van der Waals surface area (Å²) in [4.78, 5) is 26.3. The van der Waals surface area contributed by atoms with Crippen LogP contribution in [0.25, 0.3) is 5.69 Å². The summed E-state index contributed by atoms with van der Waals surface area (Å²) in [5.41, 5.74) is 8.48. The molecule has 7 nitrogen and oxygen atoms in total. The minimum atomic E-state index is -0.229. The highest BCUT2D eigenvalue weighted by molar-refractivity contribution is 6.30. The quantitative estimate of drug-likeness (QED) is 0.617. The first-order chi connectivity index (χ1) is 15.0. The molecule has 2 amide bonds. The van der Waals surface area contributed by atoms with Gasteiger partial charge in [-0.05, 0) is 61.8 Å². The molecule has 31 heavy (non-hydrogen) atoms. The number of carbonyl (C=O) groups is 2. The Balaban J connectivity index is 1.38. The first-order valence-corrected chi connectivity index (χ1v) is 10.6. The molecular weight excluding hydrogens is 414 g/mol. The number of nitrogens with two attached hydrogens (primary N) is 1. The zero-order valence-corrected chi connectivity index (χ0v) is 17.8. The average molecular weight is 438 g/mol. The maximum atomic E-state index is 12.7. The van der Waals surface area contributed by atoms with E-state index in [0.717, 1.165) is 49.4 Å². The van der Waals surface area contributed by atoms with Crippen molar-refractivity contribution in [2.75, 3.05) is 18.4 Å². The fourth-order valence-corrected chi connectivity index (χ4v) is 3.97. The number of likely N-dealkylation sites (tertiary alicyclic amines) is 1. The molecule has 4 rings (SSSR count). The molecule has 1 aromatic heterocycles. The number of anilines is 1. The topological polar surface area (TPSA) is 93.2 Å². The van der Waals surface area contributed by atoms with E-state index in [1.165, 1.54) is 6.20 Å². The van der Waals surface area contributed by atoms with E-state index in [1.54, 1.807) is 23.0 Å². The van der Waals surface area contributed by atoms with Gasteiger partial charge in [0, 0.05) is 29.4 Å². The summed E-state index contributed by atoms with van der Waals surface area (Å²) in [7, 11) is 0. The van der Waals surface area contributed by atoms with Crippen LogP contribution in [-0.2, 0) is 11.3 Å². The second kappa shape index (κ2) is 9.32. The molecule has 0 aliphatic carbocycles. The predicted molar refractivity (Wildman–Crippen MR) is 120 cm³/mol. The Morgan fingerprint density at radius 2 is 1.90 bits per heavy atom. The van der Waals surface area contributed by atoms with E-state index < -0.39 is 0 Å². The third kappa shape index (κ3) is 5.31. The normalized spacial score (nSPS) is 15.0. The van der Waals surface area contributed by atoms with Crippen LogP contribution in [0.4, 0.5) is 5.69 Å². The van der Waals surface area contributed by atoms with Gasteiger partial charge in [0.05, 0.1) is 17.4 Å². The third-order valence-electron chi connectivity index (χ3n) is 5.50. The minimum Gasteiger partial charge on any atom is -0.369 e. The number of aromatic nitrogens is 2. The number of nitrogens with zero attached hydrogens (tertiary/aromatic N) is 3. The van der Waals surface area contributed by atoms with E-state index in [9.17, 15) is 9.59 Å². The summed E-state index contributed by atoms with van der Waals surface area (Å²) in [5.74, 6) is -0.453. The second-order valence-electron chi connectivity index (χ2n) is 7.76. The summed E-state index contributed by atoms with van der Waals surface area (Å²) in [6, 6.07) is 15.1. The fourth-order valence-electron chi connectivity index (χ4n) is 3.78. The Kier molecular flexibility index (Phi) is 6.34. The lowest BCUT2D eigenvalue weighted by atomic mass is 9.96. The number of benzene rings is 2. The molecule has 2 heterocycles. The van der Waals surface area contributed by atoms with E-state index in [1.807, 2.05) is 36.4 Å². The molecule has 1 saturated heterocycles. The molecule has 1 aliphatic rings. The molecule has 0 unspecified atom stereocenters. The second-order valence-corrected chi connectivity index (χ2v) is 8.20. The van der Waals surface area contributed by atoms with Crippen molar-refractivity contribution in [3.05, 3.63) is 77.1 Å². The Hall–Kier alpha value is -3.16. The number of nitrogens with one attached hydrogen (secondary N) is 1. The highest BCUT2D eigenvalue weighted by Crippen LogP contribution is 2.20. The van der Waals surface area contributed by atoms with Crippen LogP contribution < -0.4 is 11.1 Å². The number of hydrogen-bond donors (Lipinski definition) is 2. The molecular formula is C23H24ClN5O2. The number of rotatable bonds is 6. The smallest absolute Gasteiger partial charge is 0.258 e. The molecule has 0 spiro atoms. The van der Waals surface area contributed by atoms with E-state index >= 15 is 0 Å². The highest BCUT2D eigenvalue weighted by Gasteiger charge is 2.23. The zero-order chi connectivity index (χ0) is 21.8. The van der Waals surface area contributed by atoms with Crippen LogP contribution in [0.1, 0.15) is 28.8 Å². The molecule has 1 aliphatic heterocycles. The Bertz CT molecular complexity index is 1090. The third-order valence-corrected chi connectivity index (χ3v) is 5.73. The van der Waals surface area contributed by atoms with Crippen molar-refractivity contribution < 1.29 is 9.59 Å². The zero-order valence-electron chi connectivity index (χ0n) is 17.0. The van der Waals surface area contributed by atoms with Gasteiger partial charge >= 0.3 is 0 Å². The SMILES string of the molecule is NC(=O)C1CCN(Cc2cccc(NC(=O)c3cnn(-c4cccc(Cl)c4)c3)c2)CC1. The van der Waals surface area contributed by atoms with Crippen LogP contribution in [-0.4, -0.2) is 39.6 Å². The van der Waals surface area contributed by atoms with Gasteiger partial charge in [-0.3, -0.25) is 14.5 Å². The van der Waals surface area contributed by atoms with Gasteiger partial charge in [0.1, 0.15) is 0 Å². The van der Waals surface area contributed by atoms with Crippen LogP contribution >= 0.6 is 11.6 Å². The maximum Gasteiger partial charge on any atom is 0.258 e. The summed E-state index contributed by atoms with van der Waals surface area (Å²) < 4.78 is 1.62. The number of carbonyl (C=O) groups excluding carboxylic acids is 2. The molecule has 0 saturated carbocycles. The Morgan fingerprint density at radius 1 is 1.13 bits per heavy atom. The summed E-state index contributed by atoms with van der Waals surface area (Å²) in [6.45, 7) is 2.45. The first kappa shape index (κ1) is 21.1. The highest BCUT2D eigenvalue weighted by atomic mass is 35.5. The van der Waals surface area contributed by atoms with Crippen LogP contribution in [0.2, 0.25) is 5.02 Å². The first-order valence-electron chi connectivity index (χ1n) is 10.2. The van der Waals surface area contributed by atoms with Crippen molar-refractivity contribution >= 4 is 29.1 Å².